The van der Waals surface area contributed by atoms with E-state index in [1.165, 1.54) is 0 Å². The van der Waals surface area contributed by atoms with E-state index in [0.717, 1.165) is 23.3 Å². The van der Waals surface area contributed by atoms with Crippen molar-refractivity contribution in [2.75, 3.05) is 13.1 Å². The number of aliphatic imine (C=N–C) groups is 1. The molecule has 8 heteroatoms. The summed E-state index contributed by atoms with van der Waals surface area (Å²) in [6, 6.07) is 0. The fourth-order valence-corrected chi connectivity index (χ4v) is 2.28. The molecule has 0 saturated heterocycles. The number of alkyl halides is 3. The third-order valence-corrected chi connectivity index (χ3v) is 3.18. The second-order valence-corrected chi connectivity index (χ2v) is 6.45. The highest BCUT2D eigenvalue weighted by atomic mass is 32.1. The van der Waals surface area contributed by atoms with Crippen LogP contribution in [0.2, 0.25) is 0 Å². The molecule has 0 atom stereocenters. The lowest BCUT2D eigenvalue weighted by Crippen LogP contribution is -2.47. The van der Waals surface area contributed by atoms with E-state index in [-0.39, 0.29) is 5.54 Å². The van der Waals surface area contributed by atoms with E-state index in [1.54, 1.807) is 0 Å². The van der Waals surface area contributed by atoms with Crippen LogP contribution in [0.1, 0.15) is 38.4 Å². The molecular weight excluding hydrogens is 301 g/mol. The Balaban J connectivity index is 2.60. The van der Waals surface area contributed by atoms with Gasteiger partial charge in [-0.15, -0.1) is 11.3 Å². The summed E-state index contributed by atoms with van der Waals surface area (Å²) in [4.78, 5) is 7.93. The van der Waals surface area contributed by atoms with Gasteiger partial charge in [0.2, 0.25) is 0 Å². The number of hydrogen-bond acceptors (Lipinski definition) is 3. The Bertz CT molecular complexity index is 474. The van der Waals surface area contributed by atoms with E-state index in [0.29, 0.717) is 23.9 Å². The van der Waals surface area contributed by atoms with Crippen molar-refractivity contribution >= 4 is 17.3 Å². The quantitative estimate of drug-likeness (QED) is 0.662. The maximum Gasteiger partial charge on any atom is 0.434 e. The summed E-state index contributed by atoms with van der Waals surface area (Å²) >= 11 is 1.01. The Hall–Kier alpha value is -1.31. The highest BCUT2D eigenvalue weighted by Crippen LogP contribution is 2.30. The number of nitrogens with zero attached hydrogens (tertiary/aromatic N) is 2. The summed E-state index contributed by atoms with van der Waals surface area (Å²) in [7, 11) is 0. The molecule has 0 aromatic carbocycles. The molecule has 0 amide bonds. The smallest absolute Gasteiger partial charge is 0.357 e. The van der Waals surface area contributed by atoms with Gasteiger partial charge < -0.3 is 10.6 Å². The molecule has 0 fully saturated rings. The minimum Gasteiger partial charge on any atom is -0.357 e. The number of aromatic nitrogens is 1. The lowest BCUT2D eigenvalue weighted by atomic mass is 10.1. The van der Waals surface area contributed by atoms with E-state index in [2.05, 4.69) is 20.6 Å². The van der Waals surface area contributed by atoms with Gasteiger partial charge in [0.25, 0.3) is 0 Å². The SMILES string of the molecule is CCNC(=NCCc1nc(C(F)(F)F)cs1)NC(C)(C)C. The molecule has 0 radical (unpaired) electrons. The Labute approximate surface area is 126 Å². The normalized spacial score (nSPS) is 13.4. The van der Waals surface area contributed by atoms with Gasteiger partial charge in [0.15, 0.2) is 11.7 Å². The van der Waals surface area contributed by atoms with Crippen LogP contribution in [-0.4, -0.2) is 29.6 Å². The molecule has 0 unspecified atom stereocenters. The van der Waals surface area contributed by atoms with Crippen molar-refractivity contribution in [2.45, 2.75) is 45.8 Å². The van der Waals surface area contributed by atoms with Crippen LogP contribution in [0.3, 0.4) is 0 Å². The number of thiazole rings is 1. The van der Waals surface area contributed by atoms with Crippen molar-refractivity contribution in [1.29, 1.82) is 0 Å². The Morgan fingerprint density at radius 3 is 2.48 bits per heavy atom. The van der Waals surface area contributed by atoms with Crippen molar-refractivity contribution in [3.63, 3.8) is 0 Å². The summed E-state index contributed by atoms with van der Waals surface area (Å²) in [5.41, 5.74) is -0.961. The summed E-state index contributed by atoms with van der Waals surface area (Å²) < 4.78 is 37.3. The number of halogens is 3. The van der Waals surface area contributed by atoms with Crippen LogP contribution < -0.4 is 10.6 Å². The van der Waals surface area contributed by atoms with Gasteiger partial charge in [-0.1, -0.05) is 0 Å². The Morgan fingerprint density at radius 2 is 2.00 bits per heavy atom. The molecule has 1 rings (SSSR count). The van der Waals surface area contributed by atoms with E-state index < -0.39 is 11.9 Å². The third-order valence-electron chi connectivity index (χ3n) is 2.28. The molecule has 4 nitrogen and oxygen atoms in total. The zero-order valence-corrected chi connectivity index (χ0v) is 13.5. The van der Waals surface area contributed by atoms with Crippen molar-refractivity contribution in [3.05, 3.63) is 16.1 Å². The van der Waals surface area contributed by atoms with E-state index in [4.69, 9.17) is 0 Å². The van der Waals surface area contributed by atoms with Gasteiger partial charge in [0, 0.05) is 30.4 Å². The fraction of sp³-hybridized carbons (Fsp3) is 0.692. The lowest BCUT2D eigenvalue weighted by Gasteiger charge is -2.23. The molecule has 0 aliphatic heterocycles. The molecule has 2 N–H and O–H groups in total. The van der Waals surface area contributed by atoms with E-state index in [9.17, 15) is 13.2 Å². The third kappa shape index (κ3) is 6.79. The van der Waals surface area contributed by atoms with Gasteiger partial charge in [-0.05, 0) is 27.7 Å². The van der Waals surface area contributed by atoms with Crippen LogP contribution in [0.4, 0.5) is 13.2 Å². The monoisotopic (exact) mass is 322 g/mol. The molecule has 0 saturated carbocycles. The summed E-state index contributed by atoms with van der Waals surface area (Å²) in [6.45, 7) is 9.09. The highest BCUT2D eigenvalue weighted by molar-refractivity contribution is 7.09. The molecule has 1 aromatic heterocycles. The predicted octanol–water partition coefficient (Wildman–Crippen LogP) is 3.06. The zero-order valence-electron chi connectivity index (χ0n) is 12.6. The number of rotatable bonds is 4. The maximum atomic E-state index is 12.4. The highest BCUT2D eigenvalue weighted by Gasteiger charge is 2.33. The van der Waals surface area contributed by atoms with Crippen LogP contribution in [0, 0.1) is 0 Å². The summed E-state index contributed by atoms with van der Waals surface area (Å²) in [6.07, 6.45) is -3.98. The maximum absolute atomic E-state index is 12.4. The molecule has 0 bridgehead atoms. The predicted molar refractivity (Wildman–Crippen MR) is 79.7 cm³/mol. The average molecular weight is 322 g/mol. The first-order valence-corrected chi connectivity index (χ1v) is 7.58. The van der Waals surface area contributed by atoms with Crippen LogP contribution in [0.15, 0.2) is 10.4 Å². The second kappa shape index (κ2) is 7.11. The van der Waals surface area contributed by atoms with Crippen molar-refractivity contribution < 1.29 is 13.2 Å². The zero-order chi connectivity index (χ0) is 16.1. The minimum atomic E-state index is -4.37. The van der Waals surface area contributed by atoms with Gasteiger partial charge in [-0.3, -0.25) is 4.99 Å². The van der Waals surface area contributed by atoms with Crippen molar-refractivity contribution in [1.82, 2.24) is 15.6 Å². The average Bonchev–Trinajstić information content (AvgIpc) is 2.75. The van der Waals surface area contributed by atoms with Crippen LogP contribution in [0.25, 0.3) is 0 Å². The summed E-state index contributed by atoms with van der Waals surface area (Å²) in [5.74, 6) is 0.651. The number of nitrogens with one attached hydrogen (secondary N) is 2. The van der Waals surface area contributed by atoms with Gasteiger partial charge in [0.05, 0.1) is 5.01 Å². The minimum absolute atomic E-state index is 0.133. The first kappa shape index (κ1) is 17.7. The fourth-order valence-electron chi connectivity index (χ4n) is 1.48. The van der Waals surface area contributed by atoms with E-state index >= 15 is 0 Å². The number of guanidine groups is 1. The van der Waals surface area contributed by atoms with Gasteiger partial charge >= 0.3 is 6.18 Å². The Kier molecular flexibility index (Phi) is 6.00. The molecule has 0 aliphatic rings. The van der Waals surface area contributed by atoms with Crippen LogP contribution in [-0.2, 0) is 12.6 Å². The van der Waals surface area contributed by atoms with Gasteiger partial charge in [-0.2, -0.15) is 13.2 Å². The van der Waals surface area contributed by atoms with E-state index in [1.807, 2.05) is 27.7 Å². The molecular formula is C13H21F3N4S. The Morgan fingerprint density at radius 1 is 1.33 bits per heavy atom. The van der Waals surface area contributed by atoms with Gasteiger partial charge in [-0.25, -0.2) is 4.98 Å². The number of hydrogen-bond donors (Lipinski definition) is 2. The lowest BCUT2D eigenvalue weighted by molar-refractivity contribution is -0.140. The van der Waals surface area contributed by atoms with Crippen molar-refractivity contribution in [2.24, 2.45) is 4.99 Å². The van der Waals surface area contributed by atoms with Crippen LogP contribution in [0.5, 0.6) is 0 Å². The molecule has 1 aromatic rings. The summed E-state index contributed by atoms with van der Waals surface area (Å²) in [5, 5.41) is 7.79. The van der Waals surface area contributed by atoms with Crippen molar-refractivity contribution in [3.8, 4) is 0 Å². The molecule has 0 spiro atoms. The molecule has 0 aliphatic carbocycles. The van der Waals surface area contributed by atoms with Gasteiger partial charge in [0.1, 0.15) is 0 Å². The standard InChI is InChI=1S/C13H21F3N4S/c1-5-17-11(20-12(2,3)4)18-7-6-10-19-9(8-21-10)13(14,15)16/h8H,5-7H2,1-4H3,(H2,17,18,20). The molecule has 1 heterocycles. The first-order valence-electron chi connectivity index (χ1n) is 6.70. The second-order valence-electron chi connectivity index (χ2n) is 5.51. The molecule has 21 heavy (non-hydrogen) atoms. The topological polar surface area (TPSA) is 49.3 Å². The molecule has 120 valence electrons. The van der Waals surface area contributed by atoms with Crippen LogP contribution >= 0.6 is 11.3 Å². The first-order chi connectivity index (χ1) is 9.62. The largest absolute Gasteiger partial charge is 0.434 e.